The Morgan fingerprint density at radius 1 is 1.18 bits per heavy atom. The minimum atomic E-state index is -0.394. The van der Waals surface area contributed by atoms with Gasteiger partial charge in [-0.2, -0.15) is 0 Å². The number of anilines is 1. The van der Waals surface area contributed by atoms with Gasteiger partial charge in [0.05, 0.1) is 12.5 Å². The first kappa shape index (κ1) is 22.8. The Kier molecular flexibility index (Phi) is 6.91. The fourth-order valence-corrected chi connectivity index (χ4v) is 4.08. The molecule has 0 spiro atoms. The Bertz CT molecular complexity index is 1140. The summed E-state index contributed by atoms with van der Waals surface area (Å²) in [5, 5.41) is 3.39. The van der Waals surface area contributed by atoms with Crippen LogP contribution in [-0.4, -0.2) is 41.9 Å². The molecule has 2 heterocycles. The number of fused-ring (bicyclic) bond motifs is 1. The van der Waals surface area contributed by atoms with Crippen LogP contribution in [0.25, 0.3) is 0 Å². The summed E-state index contributed by atoms with van der Waals surface area (Å²) in [6.45, 7) is 0.822. The van der Waals surface area contributed by atoms with Crippen LogP contribution in [0.4, 0.5) is 5.69 Å². The van der Waals surface area contributed by atoms with Crippen LogP contribution in [0.3, 0.4) is 0 Å². The van der Waals surface area contributed by atoms with Gasteiger partial charge in [-0.3, -0.25) is 14.6 Å². The minimum absolute atomic E-state index is 0.0226. The van der Waals surface area contributed by atoms with E-state index in [0.29, 0.717) is 41.6 Å². The van der Waals surface area contributed by atoms with E-state index in [2.05, 4.69) is 10.3 Å². The van der Waals surface area contributed by atoms with Crippen molar-refractivity contribution in [2.24, 2.45) is 5.73 Å². The van der Waals surface area contributed by atoms with Crippen LogP contribution >= 0.6 is 11.6 Å². The zero-order chi connectivity index (χ0) is 23.4. The highest BCUT2D eigenvalue weighted by Crippen LogP contribution is 2.36. The van der Waals surface area contributed by atoms with Gasteiger partial charge in [-0.05, 0) is 54.4 Å². The molecule has 33 heavy (non-hydrogen) atoms. The number of halogens is 1. The number of amides is 2. The average Bonchev–Trinajstić information content (AvgIpc) is 2.83. The molecule has 0 radical (unpaired) electrons. The molecular formula is C25H25ClN4O3. The maximum Gasteiger partial charge on any atom is 0.255 e. The van der Waals surface area contributed by atoms with Crippen molar-refractivity contribution in [3.8, 4) is 5.75 Å². The van der Waals surface area contributed by atoms with E-state index in [4.69, 9.17) is 22.1 Å². The van der Waals surface area contributed by atoms with Gasteiger partial charge in [-0.15, -0.1) is 0 Å². The molecule has 2 amide bonds. The van der Waals surface area contributed by atoms with Crippen molar-refractivity contribution in [3.05, 3.63) is 88.7 Å². The van der Waals surface area contributed by atoms with Crippen LogP contribution in [0.1, 0.15) is 39.9 Å². The number of hydrogen-bond donors (Lipinski definition) is 2. The molecule has 0 aliphatic carbocycles. The summed E-state index contributed by atoms with van der Waals surface area (Å²) < 4.78 is 5.67. The Hall–Kier alpha value is -3.42. The lowest BCUT2D eigenvalue weighted by atomic mass is 9.91. The van der Waals surface area contributed by atoms with Gasteiger partial charge in [0.1, 0.15) is 5.75 Å². The second-order valence-electron chi connectivity index (χ2n) is 8.01. The molecule has 1 aliphatic rings. The number of nitrogens with zero attached hydrogens (tertiary/aromatic N) is 2. The molecule has 0 fully saturated rings. The van der Waals surface area contributed by atoms with Crippen molar-refractivity contribution in [1.82, 2.24) is 9.88 Å². The number of rotatable bonds is 6. The third kappa shape index (κ3) is 5.32. The number of pyridine rings is 1. The van der Waals surface area contributed by atoms with E-state index in [1.807, 2.05) is 12.1 Å². The summed E-state index contributed by atoms with van der Waals surface area (Å²) in [6.07, 6.45) is 3.82. The van der Waals surface area contributed by atoms with Gasteiger partial charge >= 0.3 is 0 Å². The van der Waals surface area contributed by atoms with Crippen molar-refractivity contribution in [2.45, 2.75) is 18.4 Å². The highest BCUT2D eigenvalue weighted by Gasteiger charge is 2.30. The van der Waals surface area contributed by atoms with Crippen molar-refractivity contribution >= 4 is 29.1 Å². The average molecular weight is 465 g/mol. The fraction of sp³-hybridized carbons (Fsp3) is 0.240. The smallest absolute Gasteiger partial charge is 0.255 e. The van der Waals surface area contributed by atoms with E-state index in [9.17, 15) is 9.59 Å². The Morgan fingerprint density at radius 2 is 1.91 bits per heavy atom. The molecule has 2 atom stereocenters. The first-order valence-electron chi connectivity index (χ1n) is 10.7. The van der Waals surface area contributed by atoms with Gasteiger partial charge in [0.2, 0.25) is 5.91 Å². The molecule has 8 heteroatoms. The second-order valence-corrected chi connectivity index (χ2v) is 8.45. The van der Waals surface area contributed by atoms with Gasteiger partial charge in [0.25, 0.3) is 5.91 Å². The minimum Gasteiger partial charge on any atom is -0.493 e. The molecule has 3 N–H and O–H groups in total. The van der Waals surface area contributed by atoms with Gasteiger partial charge in [0, 0.05) is 53.9 Å². The molecule has 0 bridgehead atoms. The fourth-order valence-electron chi connectivity index (χ4n) is 3.90. The van der Waals surface area contributed by atoms with Crippen LogP contribution in [0.2, 0.25) is 5.02 Å². The van der Waals surface area contributed by atoms with E-state index < -0.39 is 6.04 Å². The highest BCUT2D eigenvalue weighted by molar-refractivity contribution is 6.30. The number of ether oxygens (including phenoxy) is 1. The van der Waals surface area contributed by atoms with Gasteiger partial charge in [0.15, 0.2) is 0 Å². The number of aromatic nitrogens is 1. The predicted molar refractivity (Wildman–Crippen MR) is 128 cm³/mol. The van der Waals surface area contributed by atoms with Gasteiger partial charge in [-0.25, -0.2) is 0 Å². The van der Waals surface area contributed by atoms with Crippen molar-refractivity contribution in [2.75, 3.05) is 25.5 Å². The predicted octanol–water partition coefficient (Wildman–Crippen LogP) is 4.01. The molecule has 0 saturated carbocycles. The summed E-state index contributed by atoms with van der Waals surface area (Å²) in [5.41, 5.74) is 9.22. The second kappa shape index (κ2) is 10.0. The molecule has 2 aromatic carbocycles. The molecular weight excluding hydrogens is 440 g/mol. The maximum atomic E-state index is 13.2. The van der Waals surface area contributed by atoms with Crippen LogP contribution < -0.4 is 15.8 Å². The van der Waals surface area contributed by atoms with Crippen LogP contribution in [0.15, 0.2) is 67.0 Å². The molecule has 1 aromatic heterocycles. The molecule has 7 nitrogen and oxygen atoms in total. The maximum absolute atomic E-state index is 13.2. The Balaban J connectivity index is 1.39. The molecule has 0 saturated heterocycles. The normalized spacial score (nSPS) is 15.7. The van der Waals surface area contributed by atoms with Crippen molar-refractivity contribution in [3.63, 3.8) is 0 Å². The van der Waals surface area contributed by atoms with Crippen LogP contribution in [-0.2, 0) is 4.79 Å². The number of nitrogens with two attached hydrogens (primary N) is 1. The van der Waals surface area contributed by atoms with E-state index in [-0.39, 0.29) is 17.7 Å². The van der Waals surface area contributed by atoms with Gasteiger partial charge < -0.3 is 20.7 Å². The first-order valence-corrected chi connectivity index (χ1v) is 11.0. The molecule has 170 valence electrons. The van der Waals surface area contributed by atoms with Crippen LogP contribution in [0, 0.1) is 0 Å². The topological polar surface area (TPSA) is 97.5 Å². The van der Waals surface area contributed by atoms with Crippen molar-refractivity contribution in [1.29, 1.82) is 0 Å². The zero-order valence-electron chi connectivity index (χ0n) is 18.2. The lowest BCUT2D eigenvalue weighted by molar-refractivity contribution is -0.132. The van der Waals surface area contributed by atoms with Crippen molar-refractivity contribution < 1.29 is 14.3 Å². The number of hydrogen-bond acceptors (Lipinski definition) is 5. The summed E-state index contributed by atoms with van der Waals surface area (Å²) in [6, 6.07) is 15.5. The first-order chi connectivity index (χ1) is 15.9. The third-order valence-electron chi connectivity index (χ3n) is 5.70. The number of nitrogens with one attached hydrogen (secondary N) is 1. The molecule has 1 aliphatic heterocycles. The SMILES string of the molecule is CN(CC(N)c1ccc(C(=O)Nc2ccncc2)cc1)C(=O)C1CCOc2ccc(Cl)cc21. The summed E-state index contributed by atoms with van der Waals surface area (Å²) in [7, 11) is 1.75. The summed E-state index contributed by atoms with van der Waals surface area (Å²) in [4.78, 5) is 31.2. The summed E-state index contributed by atoms with van der Waals surface area (Å²) >= 11 is 6.14. The molecule has 3 aromatic rings. The largest absolute Gasteiger partial charge is 0.493 e. The van der Waals surface area contributed by atoms with Crippen LogP contribution in [0.5, 0.6) is 5.75 Å². The molecule has 4 rings (SSSR count). The number of benzene rings is 2. The zero-order valence-corrected chi connectivity index (χ0v) is 19.0. The van der Waals surface area contributed by atoms with Gasteiger partial charge in [-0.1, -0.05) is 23.7 Å². The highest BCUT2D eigenvalue weighted by atomic mass is 35.5. The number of likely N-dealkylation sites (N-methyl/N-ethyl adjacent to an activating group) is 1. The Morgan fingerprint density at radius 3 is 2.64 bits per heavy atom. The number of carbonyl (C=O) groups is 2. The Labute approximate surface area is 197 Å². The van der Waals surface area contributed by atoms with E-state index in [0.717, 1.165) is 11.1 Å². The van der Waals surface area contributed by atoms with E-state index in [1.54, 1.807) is 66.8 Å². The monoisotopic (exact) mass is 464 g/mol. The molecule has 2 unspecified atom stereocenters. The number of carbonyl (C=O) groups excluding carboxylic acids is 2. The standard InChI is InChI=1S/C25H25ClN4O3/c1-30(25(32)20-10-13-33-23-7-6-18(26)14-21(20)23)15-22(27)16-2-4-17(5-3-16)24(31)29-19-8-11-28-12-9-19/h2-9,11-12,14,20,22H,10,13,15,27H2,1H3,(H,28,29,31). The van der Waals surface area contributed by atoms with E-state index in [1.165, 1.54) is 0 Å². The quantitative estimate of drug-likeness (QED) is 0.574. The van der Waals surface area contributed by atoms with E-state index >= 15 is 0 Å². The summed E-state index contributed by atoms with van der Waals surface area (Å²) in [5.74, 6) is 0.141. The lowest BCUT2D eigenvalue weighted by Gasteiger charge is -2.30. The lowest BCUT2D eigenvalue weighted by Crippen LogP contribution is -2.38. The third-order valence-corrected chi connectivity index (χ3v) is 5.93.